The van der Waals surface area contributed by atoms with E-state index in [-0.39, 0.29) is 36.3 Å². The first-order valence-corrected chi connectivity index (χ1v) is 13.3. The van der Waals surface area contributed by atoms with Gasteiger partial charge in [0.2, 0.25) is 0 Å². The number of anilines is 1. The number of carbonyl (C=O) groups excluding carboxylic acids is 2. The van der Waals surface area contributed by atoms with Crippen LogP contribution in [0.3, 0.4) is 0 Å². The summed E-state index contributed by atoms with van der Waals surface area (Å²) in [5.41, 5.74) is 1.08. The molecular formula is C26H39N5O4. The summed E-state index contributed by atoms with van der Waals surface area (Å²) < 4.78 is 5.79. The van der Waals surface area contributed by atoms with E-state index in [0.717, 1.165) is 56.8 Å². The molecule has 2 N–H and O–H groups in total. The second-order valence-corrected chi connectivity index (χ2v) is 10.3. The number of ether oxygens (including phenoxy) is 1. The molecule has 0 radical (unpaired) electrons. The summed E-state index contributed by atoms with van der Waals surface area (Å²) >= 11 is 0. The van der Waals surface area contributed by atoms with Gasteiger partial charge >= 0.3 is 12.1 Å². The molecule has 0 aliphatic carbocycles. The zero-order chi connectivity index (χ0) is 24.4. The molecule has 9 heteroatoms. The van der Waals surface area contributed by atoms with Crippen LogP contribution in [0.15, 0.2) is 24.3 Å². The molecule has 4 amide bonds. The molecular weight excluding hydrogens is 446 g/mol. The van der Waals surface area contributed by atoms with Crippen molar-refractivity contribution in [1.82, 2.24) is 20.0 Å². The molecule has 1 aromatic carbocycles. The number of likely N-dealkylation sites (tertiary alicyclic amines) is 1. The Bertz CT molecular complexity index is 891. The number of hydrogen-bond acceptors (Lipinski definition) is 5. The van der Waals surface area contributed by atoms with Gasteiger partial charge in [-0.1, -0.05) is 12.1 Å². The monoisotopic (exact) mass is 485 g/mol. The summed E-state index contributed by atoms with van der Waals surface area (Å²) in [6.45, 7) is 6.80. The molecule has 35 heavy (non-hydrogen) atoms. The molecule has 1 aromatic rings. The van der Waals surface area contributed by atoms with Gasteiger partial charge in [-0.3, -0.25) is 0 Å². The molecule has 2 unspecified atom stereocenters. The van der Waals surface area contributed by atoms with Crippen molar-refractivity contribution >= 4 is 17.7 Å². The second-order valence-electron chi connectivity index (χ2n) is 10.3. The first kappa shape index (κ1) is 24.0. The summed E-state index contributed by atoms with van der Waals surface area (Å²) in [4.78, 5) is 34.5. The Balaban J connectivity index is 1.13. The topological polar surface area (TPSA) is 88.6 Å². The lowest BCUT2D eigenvalue weighted by Gasteiger charge is -2.42. The summed E-state index contributed by atoms with van der Waals surface area (Å²) in [6, 6.07) is 8.40. The second kappa shape index (κ2) is 10.5. The Morgan fingerprint density at radius 1 is 1.00 bits per heavy atom. The highest BCUT2D eigenvalue weighted by Crippen LogP contribution is 2.36. The number of amides is 4. The molecule has 2 bridgehead atoms. The molecule has 9 nitrogen and oxygen atoms in total. The maximum atomic E-state index is 13.3. The predicted octanol–water partition coefficient (Wildman–Crippen LogP) is 2.49. The van der Waals surface area contributed by atoms with Gasteiger partial charge in [-0.25, -0.2) is 9.59 Å². The molecule has 4 heterocycles. The van der Waals surface area contributed by atoms with Crippen molar-refractivity contribution in [2.24, 2.45) is 0 Å². The molecule has 4 aliphatic rings. The minimum Gasteiger partial charge on any atom is -0.492 e. The van der Waals surface area contributed by atoms with Crippen LogP contribution in [0.4, 0.5) is 15.3 Å². The van der Waals surface area contributed by atoms with E-state index in [0.29, 0.717) is 39.1 Å². The third-order valence-electron chi connectivity index (χ3n) is 8.02. The fraction of sp³-hybridized carbons (Fsp3) is 0.692. The fourth-order valence-corrected chi connectivity index (χ4v) is 6.33. The quantitative estimate of drug-likeness (QED) is 0.684. The number of fused-ring (bicyclic) bond motifs is 2. The average molecular weight is 486 g/mol. The van der Waals surface area contributed by atoms with Crippen LogP contribution >= 0.6 is 0 Å². The number of benzene rings is 1. The van der Waals surface area contributed by atoms with E-state index in [1.54, 1.807) is 0 Å². The number of nitrogens with one attached hydrogen (secondary N) is 1. The highest BCUT2D eigenvalue weighted by atomic mass is 16.5. The van der Waals surface area contributed by atoms with Crippen molar-refractivity contribution in [3.63, 3.8) is 0 Å². The Labute approximate surface area is 208 Å². The smallest absolute Gasteiger partial charge is 0.320 e. The molecule has 4 fully saturated rings. The number of nitrogens with zero attached hydrogens (tertiary/aromatic N) is 4. The van der Waals surface area contributed by atoms with Crippen LogP contribution in [0.5, 0.6) is 5.75 Å². The lowest BCUT2D eigenvalue weighted by atomic mass is 10.0. The van der Waals surface area contributed by atoms with E-state index >= 15 is 0 Å². The third kappa shape index (κ3) is 5.15. The minimum atomic E-state index is -0.285. The summed E-state index contributed by atoms with van der Waals surface area (Å²) in [5.74, 6) is 0.890. The van der Waals surface area contributed by atoms with Gasteiger partial charge in [-0.2, -0.15) is 0 Å². The van der Waals surface area contributed by atoms with Crippen molar-refractivity contribution in [1.29, 1.82) is 0 Å². The van der Waals surface area contributed by atoms with Crippen molar-refractivity contribution in [3.05, 3.63) is 24.3 Å². The number of piperazine rings is 1. The van der Waals surface area contributed by atoms with Crippen molar-refractivity contribution in [2.45, 2.75) is 69.7 Å². The number of hydrogen-bond donors (Lipinski definition) is 2. The van der Waals surface area contributed by atoms with Gasteiger partial charge in [0.15, 0.2) is 0 Å². The van der Waals surface area contributed by atoms with Crippen molar-refractivity contribution in [2.75, 3.05) is 50.8 Å². The molecule has 0 aromatic heterocycles. The molecule has 3 atom stereocenters. The van der Waals surface area contributed by atoms with E-state index < -0.39 is 0 Å². The van der Waals surface area contributed by atoms with Crippen LogP contribution in [-0.2, 0) is 0 Å². The number of urea groups is 2. The number of piperidine rings is 2. The highest BCUT2D eigenvalue weighted by molar-refractivity contribution is 5.77. The number of aliphatic hydroxyl groups is 1. The number of aliphatic hydroxyl groups excluding tert-OH is 1. The maximum absolute atomic E-state index is 13.3. The van der Waals surface area contributed by atoms with Gasteiger partial charge in [0.05, 0.1) is 18.4 Å². The SMILES string of the molecule is CCOc1ccccc1N1CCN(C(=O)N2CCC[C@H](NC(=O)N3C4CCC3CC(O)C4)C2)CC1. The minimum absolute atomic E-state index is 0.0224. The Hall–Kier alpha value is -2.68. The third-order valence-corrected chi connectivity index (χ3v) is 8.02. The number of rotatable bonds is 4. The van der Waals surface area contributed by atoms with Crippen LogP contribution in [0.1, 0.15) is 45.4 Å². The van der Waals surface area contributed by atoms with Crippen LogP contribution in [-0.4, -0.2) is 102 Å². The predicted molar refractivity (Wildman–Crippen MR) is 134 cm³/mol. The van der Waals surface area contributed by atoms with Crippen molar-refractivity contribution in [3.8, 4) is 5.75 Å². The van der Waals surface area contributed by atoms with Crippen LogP contribution in [0.2, 0.25) is 0 Å². The Morgan fingerprint density at radius 3 is 2.43 bits per heavy atom. The van der Waals surface area contributed by atoms with E-state index in [9.17, 15) is 14.7 Å². The molecule has 0 saturated carbocycles. The fourth-order valence-electron chi connectivity index (χ4n) is 6.33. The first-order valence-electron chi connectivity index (χ1n) is 13.3. The standard InChI is InChI=1S/C26H39N5O4/c1-2-35-24-8-4-3-7-23(24)28-12-14-29(15-13-28)26(34)30-11-5-6-19(18-30)27-25(33)31-20-9-10-21(31)17-22(32)16-20/h3-4,7-8,19-22,32H,2,5-6,9-18H2,1H3,(H,27,33)/t19-,20?,21?,22?/m0/s1. The molecule has 4 saturated heterocycles. The summed E-state index contributed by atoms with van der Waals surface area (Å²) in [6.07, 6.45) is 4.82. The van der Waals surface area contributed by atoms with Crippen LogP contribution in [0.25, 0.3) is 0 Å². The summed E-state index contributed by atoms with van der Waals surface area (Å²) in [5, 5.41) is 13.2. The van der Waals surface area contributed by atoms with Crippen molar-refractivity contribution < 1.29 is 19.4 Å². The highest BCUT2D eigenvalue weighted by Gasteiger charge is 2.43. The normalized spacial score (nSPS) is 28.7. The van der Waals surface area contributed by atoms with Gasteiger partial charge in [0.25, 0.3) is 0 Å². The number of para-hydroxylation sites is 2. The van der Waals surface area contributed by atoms with Gasteiger partial charge in [-0.05, 0) is 57.6 Å². The van der Waals surface area contributed by atoms with Gasteiger partial charge < -0.3 is 34.8 Å². The van der Waals surface area contributed by atoms with E-state index in [1.165, 1.54) is 0 Å². The zero-order valence-corrected chi connectivity index (χ0v) is 20.8. The summed E-state index contributed by atoms with van der Waals surface area (Å²) in [7, 11) is 0. The lowest BCUT2D eigenvalue weighted by molar-refractivity contribution is 0.0522. The molecule has 4 aliphatic heterocycles. The van der Waals surface area contributed by atoms with E-state index in [1.807, 2.05) is 39.8 Å². The zero-order valence-electron chi connectivity index (χ0n) is 20.8. The molecule has 0 spiro atoms. The van der Waals surface area contributed by atoms with Crippen LogP contribution < -0.4 is 15.0 Å². The van der Waals surface area contributed by atoms with Crippen LogP contribution in [0, 0.1) is 0 Å². The van der Waals surface area contributed by atoms with Gasteiger partial charge in [-0.15, -0.1) is 0 Å². The maximum Gasteiger partial charge on any atom is 0.320 e. The lowest BCUT2D eigenvalue weighted by Crippen LogP contribution is -2.59. The van der Waals surface area contributed by atoms with E-state index in [2.05, 4.69) is 16.3 Å². The number of carbonyl (C=O) groups is 2. The molecule has 5 rings (SSSR count). The average Bonchev–Trinajstić information content (AvgIpc) is 3.15. The molecule has 192 valence electrons. The van der Waals surface area contributed by atoms with Gasteiger partial charge in [0, 0.05) is 57.4 Å². The first-order chi connectivity index (χ1) is 17.0. The Morgan fingerprint density at radius 2 is 1.71 bits per heavy atom. The Kier molecular flexibility index (Phi) is 7.22. The largest absolute Gasteiger partial charge is 0.492 e. The van der Waals surface area contributed by atoms with E-state index in [4.69, 9.17) is 4.74 Å². The van der Waals surface area contributed by atoms with Gasteiger partial charge in [0.1, 0.15) is 5.75 Å².